The predicted octanol–water partition coefficient (Wildman–Crippen LogP) is 2.36. The number of likely N-dealkylation sites (N-methyl/N-ethyl adjacent to an activating group) is 1. The van der Waals surface area contributed by atoms with Crippen molar-refractivity contribution in [3.63, 3.8) is 0 Å². The van der Waals surface area contributed by atoms with E-state index in [0.717, 1.165) is 30.9 Å². The van der Waals surface area contributed by atoms with Crippen LogP contribution in [0.1, 0.15) is 22.3 Å². The Morgan fingerprint density at radius 1 is 1.35 bits per heavy atom. The molecule has 1 saturated heterocycles. The number of nitrogens with zero attached hydrogens (tertiary/aromatic N) is 3. The molecule has 0 bridgehead atoms. The number of ketones is 1. The normalized spacial score (nSPS) is 16.9. The molecule has 6 nitrogen and oxygen atoms in total. The summed E-state index contributed by atoms with van der Waals surface area (Å²) in [5.74, 6) is 1.25. The fourth-order valence-corrected chi connectivity index (χ4v) is 3.23. The molecule has 1 aliphatic rings. The minimum Gasteiger partial charge on any atom is -0.507 e. The summed E-state index contributed by atoms with van der Waals surface area (Å²) in [7, 11) is 5.72. The highest BCUT2D eigenvalue weighted by Crippen LogP contribution is 2.25. The number of anilines is 1. The first kappa shape index (κ1) is 18.2. The zero-order valence-corrected chi connectivity index (χ0v) is 15.5. The minimum absolute atomic E-state index is 0.0641. The lowest BCUT2D eigenvalue weighted by Gasteiger charge is -2.21. The maximum absolute atomic E-state index is 12.4. The van der Waals surface area contributed by atoms with E-state index in [0.29, 0.717) is 17.4 Å². The van der Waals surface area contributed by atoms with Crippen molar-refractivity contribution in [3.8, 4) is 11.5 Å². The SMILES string of the molecule is COc1ccc(C(=O)Cc2ccc(N3CC[C@@H](N(C)C)C3)nc2)c(O)c1. The molecule has 1 aliphatic heterocycles. The number of rotatable bonds is 6. The molecule has 0 aliphatic carbocycles. The van der Waals surface area contributed by atoms with E-state index in [1.165, 1.54) is 13.2 Å². The van der Waals surface area contributed by atoms with Gasteiger partial charge in [0, 0.05) is 37.8 Å². The second-order valence-corrected chi connectivity index (χ2v) is 6.86. The molecular formula is C20H25N3O3. The first-order valence-corrected chi connectivity index (χ1v) is 8.74. The van der Waals surface area contributed by atoms with E-state index < -0.39 is 0 Å². The first-order valence-electron chi connectivity index (χ1n) is 8.74. The molecular weight excluding hydrogens is 330 g/mol. The fraction of sp³-hybridized carbons (Fsp3) is 0.400. The largest absolute Gasteiger partial charge is 0.507 e. The van der Waals surface area contributed by atoms with Gasteiger partial charge in [-0.25, -0.2) is 4.98 Å². The van der Waals surface area contributed by atoms with Crippen molar-refractivity contribution in [2.75, 3.05) is 39.2 Å². The monoisotopic (exact) mass is 355 g/mol. The number of methoxy groups -OCH3 is 1. The van der Waals surface area contributed by atoms with Crippen molar-refractivity contribution in [2.24, 2.45) is 0 Å². The van der Waals surface area contributed by atoms with E-state index >= 15 is 0 Å². The fourth-order valence-electron chi connectivity index (χ4n) is 3.23. The molecule has 2 heterocycles. The van der Waals surface area contributed by atoms with Crippen LogP contribution >= 0.6 is 0 Å². The van der Waals surface area contributed by atoms with Gasteiger partial charge in [0.1, 0.15) is 17.3 Å². The van der Waals surface area contributed by atoms with Gasteiger partial charge in [-0.3, -0.25) is 4.79 Å². The van der Waals surface area contributed by atoms with Crippen LogP contribution in [0.3, 0.4) is 0 Å². The van der Waals surface area contributed by atoms with Crippen LogP contribution in [0.25, 0.3) is 0 Å². The molecule has 138 valence electrons. The quantitative estimate of drug-likeness (QED) is 0.803. The van der Waals surface area contributed by atoms with Gasteiger partial charge in [-0.05, 0) is 44.3 Å². The van der Waals surface area contributed by atoms with Gasteiger partial charge in [0.25, 0.3) is 0 Å². The number of pyridine rings is 1. The van der Waals surface area contributed by atoms with Crippen LogP contribution in [0.5, 0.6) is 11.5 Å². The van der Waals surface area contributed by atoms with Gasteiger partial charge in [-0.1, -0.05) is 6.07 Å². The molecule has 0 saturated carbocycles. The van der Waals surface area contributed by atoms with Crippen LogP contribution in [0.2, 0.25) is 0 Å². The highest BCUT2D eigenvalue weighted by molar-refractivity contribution is 6.00. The van der Waals surface area contributed by atoms with Crippen molar-refractivity contribution >= 4 is 11.6 Å². The number of phenols is 1. The van der Waals surface area contributed by atoms with Crippen LogP contribution in [0.4, 0.5) is 5.82 Å². The molecule has 0 amide bonds. The van der Waals surface area contributed by atoms with Gasteiger partial charge in [0.15, 0.2) is 5.78 Å². The summed E-state index contributed by atoms with van der Waals surface area (Å²) in [6, 6.07) is 9.16. The molecule has 0 unspecified atom stereocenters. The van der Waals surface area contributed by atoms with Gasteiger partial charge in [-0.15, -0.1) is 0 Å². The number of aromatic hydroxyl groups is 1. The predicted molar refractivity (Wildman–Crippen MR) is 101 cm³/mol. The lowest BCUT2D eigenvalue weighted by atomic mass is 10.0. The van der Waals surface area contributed by atoms with Gasteiger partial charge >= 0.3 is 0 Å². The molecule has 3 rings (SSSR count). The van der Waals surface area contributed by atoms with Crippen molar-refractivity contribution in [3.05, 3.63) is 47.7 Å². The molecule has 1 N–H and O–H groups in total. The Morgan fingerprint density at radius 2 is 2.15 bits per heavy atom. The molecule has 1 aromatic carbocycles. The topological polar surface area (TPSA) is 65.9 Å². The van der Waals surface area contributed by atoms with E-state index in [2.05, 4.69) is 28.9 Å². The molecule has 0 radical (unpaired) electrons. The minimum atomic E-state index is -0.145. The maximum atomic E-state index is 12.4. The molecule has 1 aromatic heterocycles. The summed E-state index contributed by atoms with van der Waals surface area (Å²) in [4.78, 5) is 21.5. The lowest BCUT2D eigenvalue weighted by Crippen LogP contribution is -2.31. The zero-order valence-electron chi connectivity index (χ0n) is 15.5. The van der Waals surface area contributed by atoms with Crippen LogP contribution < -0.4 is 9.64 Å². The number of benzene rings is 1. The summed E-state index contributed by atoms with van der Waals surface area (Å²) in [6.45, 7) is 1.96. The van der Waals surface area contributed by atoms with Gasteiger partial charge in [0.05, 0.1) is 12.7 Å². The van der Waals surface area contributed by atoms with Gasteiger partial charge in [-0.2, -0.15) is 0 Å². The Balaban J connectivity index is 1.65. The highest BCUT2D eigenvalue weighted by atomic mass is 16.5. The number of ether oxygens (including phenoxy) is 1. The van der Waals surface area contributed by atoms with Gasteiger partial charge < -0.3 is 19.6 Å². The summed E-state index contributed by atoms with van der Waals surface area (Å²) in [5, 5.41) is 10.0. The Morgan fingerprint density at radius 3 is 2.73 bits per heavy atom. The lowest BCUT2D eigenvalue weighted by molar-refractivity contribution is 0.0990. The average molecular weight is 355 g/mol. The van der Waals surface area contributed by atoms with Crippen LogP contribution in [0, 0.1) is 0 Å². The smallest absolute Gasteiger partial charge is 0.171 e. The second-order valence-electron chi connectivity index (χ2n) is 6.86. The molecule has 26 heavy (non-hydrogen) atoms. The van der Waals surface area contributed by atoms with Crippen LogP contribution in [0.15, 0.2) is 36.5 Å². The number of carbonyl (C=O) groups excluding carboxylic acids is 1. The Bertz CT molecular complexity index is 774. The zero-order chi connectivity index (χ0) is 18.7. The third kappa shape index (κ3) is 3.96. The van der Waals surface area contributed by atoms with E-state index in [-0.39, 0.29) is 18.0 Å². The average Bonchev–Trinajstić information content (AvgIpc) is 3.12. The number of phenolic OH excluding ortho intramolecular Hbond substituents is 1. The van der Waals surface area contributed by atoms with Crippen molar-refractivity contribution < 1.29 is 14.6 Å². The van der Waals surface area contributed by atoms with Crippen molar-refractivity contribution in [2.45, 2.75) is 18.9 Å². The van der Waals surface area contributed by atoms with E-state index in [9.17, 15) is 9.90 Å². The molecule has 1 fully saturated rings. The Hall–Kier alpha value is -2.60. The number of Topliss-reactive ketones (excluding diaryl/α,β-unsaturated/α-hetero) is 1. The van der Waals surface area contributed by atoms with Crippen molar-refractivity contribution in [1.82, 2.24) is 9.88 Å². The van der Waals surface area contributed by atoms with Crippen LogP contribution in [-0.2, 0) is 6.42 Å². The number of carbonyl (C=O) groups is 1. The van der Waals surface area contributed by atoms with Crippen LogP contribution in [-0.4, -0.2) is 61.1 Å². The van der Waals surface area contributed by atoms with Gasteiger partial charge in [0.2, 0.25) is 0 Å². The summed E-state index contributed by atoms with van der Waals surface area (Å²) in [6.07, 6.45) is 3.08. The second kappa shape index (κ2) is 7.74. The first-order chi connectivity index (χ1) is 12.5. The molecule has 1 atom stereocenters. The van der Waals surface area contributed by atoms with E-state index in [4.69, 9.17) is 4.74 Å². The molecule has 2 aromatic rings. The summed E-state index contributed by atoms with van der Waals surface area (Å²) >= 11 is 0. The van der Waals surface area contributed by atoms with Crippen molar-refractivity contribution in [1.29, 1.82) is 0 Å². The van der Waals surface area contributed by atoms with E-state index in [1.807, 2.05) is 12.1 Å². The Kier molecular flexibility index (Phi) is 5.42. The summed E-state index contributed by atoms with van der Waals surface area (Å²) in [5.41, 5.74) is 1.13. The Labute approximate surface area is 154 Å². The molecule has 6 heteroatoms. The maximum Gasteiger partial charge on any atom is 0.171 e. The van der Waals surface area contributed by atoms with E-state index in [1.54, 1.807) is 18.3 Å². The number of hydrogen-bond donors (Lipinski definition) is 1. The highest BCUT2D eigenvalue weighted by Gasteiger charge is 2.24. The number of aromatic nitrogens is 1. The summed E-state index contributed by atoms with van der Waals surface area (Å²) < 4.78 is 5.04. The number of hydrogen-bond acceptors (Lipinski definition) is 6. The standard InChI is InChI=1S/C20H25N3O3/c1-22(2)15-8-9-23(13-15)20-7-4-14(12-21-20)10-18(24)17-6-5-16(26-3)11-19(17)25/h4-7,11-12,15,25H,8-10,13H2,1-3H3/t15-/m1/s1. The molecule has 0 spiro atoms. The third-order valence-electron chi connectivity index (χ3n) is 4.90. The third-order valence-corrected chi connectivity index (χ3v) is 4.90.